The molecule has 0 aromatic carbocycles. The van der Waals surface area contributed by atoms with E-state index in [2.05, 4.69) is 59.2 Å². The van der Waals surface area contributed by atoms with Gasteiger partial charge in [0, 0.05) is 13.1 Å². The van der Waals surface area contributed by atoms with Gasteiger partial charge in [0.25, 0.3) is 0 Å². The molecule has 0 aliphatic heterocycles. The van der Waals surface area contributed by atoms with E-state index in [0.29, 0.717) is 49.6 Å². The monoisotopic (exact) mass is 426 g/mol. The molecule has 176 valence electrons. The lowest BCUT2D eigenvalue weighted by Gasteiger charge is -2.32. The third kappa shape index (κ3) is 13.4. The average molecular weight is 427 g/mol. The van der Waals surface area contributed by atoms with Gasteiger partial charge in [-0.05, 0) is 50.4 Å². The minimum Gasteiger partial charge on any atom is -0.338 e. The minimum atomic E-state index is -0.871. The molecule has 0 rings (SSSR count). The number of azo groups is 1. The molecule has 0 heterocycles. The first-order valence-corrected chi connectivity index (χ1v) is 11.2. The van der Waals surface area contributed by atoms with Crippen LogP contribution in [0.25, 0.3) is 0 Å². The second-order valence-corrected chi connectivity index (χ2v) is 10.4. The van der Waals surface area contributed by atoms with Gasteiger partial charge in [0.2, 0.25) is 0 Å². The van der Waals surface area contributed by atoms with Gasteiger partial charge in [0.1, 0.15) is 0 Å². The van der Waals surface area contributed by atoms with Crippen molar-refractivity contribution in [1.82, 2.24) is 21.3 Å². The molecule has 8 heteroatoms. The fraction of sp³-hybridized carbons (Fsp3) is 0.909. The molecule has 0 radical (unpaired) electrons. The van der Waals surface area contributed by atoms with Crippen molar-refractivity contribution in [2.24, 2.45) is 33.9 Å². The van der Waals surface area contributed by atoms with Crippen LogP contribution in [-0.4, -0.2) is 36.5 Å². The summed E-state index contributed by atoms with van der Waals surface area (Å²) in [7, 11) is 0. The molecule has 4 amide bonds. The maximum absolute atomic E-state index is 12.4. The molecular weight excluding hydrogens is 380 g/mol. The number of amides is 4. The lowest BCUT2D eigenvalue weighted by Crippen LogP contribution is -2.52. The van der Waals surface area contributed by atoms with Crippen LogP contribution in [0, 0.1) is 23.7 Å². The van der Waals surface area contributed by atoms with Crippen molar-refractivity contribution in [3.63, 3.8) is 0 Å². The third-order valence-corrected chi connectivity index (χ3v) is 4.21. The summed E-state index contributed by atoms with van der Waals surface area (Å²) in [5, 5.41) is 20.8. The summed E-state index contributed by atoms with van der Waals surface area (Å²) in [5.41, 5.74) is -1.74. The summed E-state index contributed by atoms with van der Waals surface area (Å²) in [6.07, 6.45) is 1.26. The average Bonchev–Trinajstić information content (AvgIpc) is 2.55. The molecule has 0 aromatic heterocycles. The normalized spacial score (nSPS) is 16.1. The van der Waals surface area contributed by atoms with E-state index >= 15 is 0 Å². The van der Waals surface area contributed by atoms with Crippen LogP contribution >= 0.6 is 0 Å². The molecule has 30 heavy (non-hydrogen) atoms. The van der Waals surface area contributed by atoms with Gasteiger partial charge >= 0.3 is 12.1 Å². The van der Waals surface area contributed by atoms with E-state index in [1.54, 1.807) is 0 Å². The summed E-state index contributed by atoms with van der Waals surface area (Å²) in [6, 6.07) is -0.530. The Balaban J connectivity index is 5.47. The summed E-state index contributed by atoms with van der Waals surface area (Å²) in [5.74, 6) is 1.32. The molecule has 4 N–H and O–H groups in total. The van der Waals surface area contributed by atoms with Gasteiger partial charge in [-0.3, -0.25) is 0 Å². The Hall–Kier alpha value is -1.86. The van der Waals surface area contributed by atoms with Crippen molar-refractivity contribution < 1.29 is 9.59 Å². The van der Waals surface area contributed by atoms with Crippen LogP contribution < -0.4 is 21.3 Å². The number of carbonyl (C=O) groups is 2. The Kier molecular flexibility index (Phi) is 12.0. The SMILES string of the molecule is CC(C)CNC(=O)NC(C)(CC(C)C)N=NC(C)(CC(C)C)NC(=O)NCC(C)C. The largest absolute Gasteiger partial charge is 0.338 e. The summed E-state index contributed by atoms with van der Waals surface area (Å²) < 4.78 is 0. The van der Waals surface area contributed by atoms with Gasteiger partial charge in [-0.1, -0.05) is 55.4 Å². The maximum atomic E-state index is 12.4. The van der Waals surface area contributed by atoms with E-state index in [4.69, 9.17) is 0 Å². The Labute approximate surface area is 183 Å². The van der Waals surface area contributed by atoms with Crippen LogP contribution in [0.15, 0.2) is 10.2 Å². The van der Waals surface area contributed by atoms with Gasteiger partial charge in [-0.15, -0.1) is 0 Å². The lowest BCUT2D eigenvalue weighted by atomic mass is 9.99. The fourth-order valence-corrected chi connectivity index (χ4v) is 3.22. The lowest BCUT2D eigenvalue weighted by molar-refractivity contribution is 0.204. The Morgan fingerprint density at radius 1 is 0.633 bits per heavy atom. The van der Waals surface area contributed by atoms with Gasteiger partial charge in [0.05, 0.1) is 0 Å². The van der Waals surface area contributed by atoms with E-state index in [-0.39, 0.29) is 12.1 Å². The zero-order valence-corrected chi connectivity index (χ0v) is 20.8. The van der Waals surface area contributed by atoms with Crippen molar-refractivity contribution in [2.45, 2.75) is 93.4 Å². The van der Waals surface area contributed by atoms with E-state index < -0.39 is 11.3 Å². The van der Waals surface area contributed by atoms with E-state index in [1.807, 2.05) is 41.5 Å². The fourth-order valence-electron chi connectivity index (χ4n) is 3.22. The van der Waals surface area contributed by atoms with Gasteiger partial charge in [0.15, 0.2) is 11.3 Å². The molecule has 0 spiro atoms. The van der Waals surface area contributed by atoms with E-state index in [1.165, 1.54) is 0 Å². The highest BCUT2D eigenvalue weighted by atomic mass is 16.2. The van der Waals surface area contributed by atoms with Crippen molar-refractivity contribution in [2.75, 3.05) is 13.1 Å². The molecular formula is C22H46N6O2. The smallest absolute Gasteiger partial charge is 0.316 e. The van der Waals surface area contributed by atoms with Crippen LogP contribution in [-0.2, 0) is 0 Å². The van der Waals surface area contributed by atoms with Crippen molar-refractivity contribution in [3.05, 3.63) is 0 Å². The Morgan fingerprint density at radius 2 is 0.933 bits per heavy atom. The quantitative estimate of drug-likeness (QED) is 0.334. The van der Waals surface area contributed by atoms with Crippen molar-refractivity contribution >= 4 is 12.1 Å². The van der Waals surface area contributed by atoms with Gasteiger partial charge in [-0.25, -0.2) is 9.59 Å². The molecule has 0 bridgehead atoms. The molecule has 0 aliphatic carbocycles. The predicted octanol–water partition coefficient (Wildman–Crippen LogP) is 4.87. The summed E-state index contributed by atoms with van der Waals surface area (Å²) in [6.45, 7) is 21.4. The van der Waals surface area contributed by atoms with Gasteiger partial charge in [-0.2, -0.15) is 10.2 Å². The molecule has 0 aromatic rings. The first-order valence-electron chi connectivity index (χ1n) is 11.2. The minimum absolute atomic E-state index is 0.265. The second-order valence-electron chi connectivity index (χ2n) is 10.4. The summed E-state index contributed by atoms with van der Waals surface area (Å²) in [4.78, 5) is 24.7. The van der Waals surface area contributed by atoms with Crippen LogP contribution in [0.2, 0.25) is 0 Å². The third-order valence-electron chi connectivity index (χ3n) is 4.21. The predicted molar refractivity (Wildman–Crippen MR) is 123 cm³/mol. The molecule has 2 atom stereocenters. The first kappa shape index (κ1) is 28.1. The highest BCUT2D eigenvalue weighted by Gasteiger charge is 2.32. The molecule has 0 saturated carbocycles. The zero-order valence-electron chi connectivity index (χ0n) is 20.8. The molecule has 0 fully saturated rings. The molecule has 0 aliphatic rings. The second kappa shape index (κ2) is 12.7. The number of rotatable bonds is 12. The number of nitrogens with one attached hydrogen (secondary N) is 4. The molecule has 0 saturated heterocycles. The van der Waals surface area contributed by atoms with Gasteiger partial charge < -0.3 is 21.3 Å². The number of carbonyl (C=O) groups excluding carboxylic acids is 2. The topological polar surface area (TPSA) is 107 Å². The number of urea groups is 2. The standard InChI is InChI=1S/C22H46N6O2/c1-15(2)11-21(9,25-19(29)23-13-17(5)6)27-28-22(10,12-16(3)4)26-20(30)24-14-18(7)8/h15-18H,11-14H2,1-10H3,(H2,23,25,29)(H2,24,26,30). The van der Waals surface area contributed by atoms with Crippen LogP contribution in [0.4, 0.5) is 9.59 Å². The van der Waals surface area contributed by atoms with E-state index in [0.717, 1.165) is 0 Å². The molecule has 2 unspecified atom stereocenters. The van der Waals surface area contributed by atoms with Crippen LogP contribution in [0.5, 0.6) is 0 Å². The number of hydrogen-bond donors (Lipinski definition) is 4. The number of hydrogen-bond acceptors (Lipinski definition) is 4. The van der Waals surface area contributed by atoms with E-state index in [9.17, 15) is 9.59 Å². The summed E-state index contributed by atoms with van der Waals surface area (Å²) >= 11 is 0. The Morgan fingerprint density at radius 3 is 1.17 bits per heavy atom. The number of nitrogens with zero attached hydrogens (tertiary/aromatic N) is 2. The Bertz CT molecular complexity index is 514. The van der Waals surface area contributed by atoms with Crippen molar-refractivity contribution in [3.8, 4) is 0 Å². The highest BCUT2D eigenvalue weighted by molar-refractivity contribution is 5.75. The van der Waals surface area contributed by atoms with Crippen LogP contribution in [0.1, 0.15) is 82.1 Å². The highest BCUT2D eigenvalue weighted by Crippen LogP contribution is 2.24. The van der Waals surface area contributed by atoms with Crippen LogP contribution in [0.3, 0.4) is 0 Å². The van der Waals surface area contributed by atoms with Crippen molar-refractivity contribution in [1.29, 1.82) is 0 Å². The first-order chi connectivity index (χ1) is 13.7. The maximum Gasteiger partial charge on any atom is 0.316 e. The zero-order chi connectivity index (χ0) is 23.5. The molecule has 8 nitrogen and oxygen atoms in total.